The molecular formula is C22H27N7O7. The van der Waals surface area contributed by atoms with E-state index in [4.69, 9.17) is 21.3 Å². The second-order valence-corrected chi connectivity index (χ2v) is 8.06. The van der Waals surface area contributed by atoms with E-state index in [2.05, 4.69) is 20.6 Å². The Hall–Kier alpha value is -4.62. The van der Waals surface area contributed by atoms with Crippen molar-refractivity contribution in [2.24, 2.45) is 0 Å². The van der Waals surface area contributed by atoms with Crippen molar-refractivity contribution in [3.63, 3.8) is 0 Å². The number of carbonyl (C=O) groups excluding carboxylic acids is 2. The summed E-state index contributed by atoms with van der Waals surface area (Å²) in [4.78, 5) is 56.5. The first-order chi connectivity index (χ1) is 17.1. The Morgan fingerprint density at radius 3 is 2.50 bits per heavy atom. The number of ether oxygens (including phenoxy) is 1. The van der Waals surface area contributed by atoms with Gasteiger partial charge in [-0.15, -0.1) is 0 Å². The van der Waals surface area contributed by atoms with Gasteiger partial charge in [0.15, 0.2) is 0 Å². The number of carbonyl (C=O) groups is 4. The molecule has 1 aromatic heterocycles. The van der Waals surface area contributed by atoms with Crippen LogP contribution in [-0.2, 0) is 14.3 Å². The molecule has 2 amide bonds. The molecule has 2 atom stereocenters. The number of hydrogen-bond acceptors (Lipinski definition) is 10. The van der Waals surface area contributed by atoms with Crippen LogP contribution in [0.25, 0.3) is 0 Å². The number of amides is 2. The van der Waals surface area contributed by atoms with Crippen molar-refractivity contribution < 1.29 is 34.1 Å². The molecule has 0 aliphatic carbocycles. The highest BCUT2D eigenvalue weighted by atomic mass is 16.5. The van der Waals surface area contributed by atoms with Crippen LogP contribution in [0.2, 0.25) is 0 Å². The molecule has 2 heterocycles. The fourth-order valence-corrected chi connectivity index (χ4v) is 3.89. The number of fused-ring (bicyclic) bond motifs is 1. The van der Waals surface area contributed by atoms with Crippen LogP contribution < -0.4 is 27.0 Å². The summed E-state index contributed by atoms with van der Waals surface area (Å²) in [6.45, 7) is 0.794. The molecule has 1 aliphatic heterocycles. The van der Waals surface area contributed by atoms with Crippen molar-refractivity contribution in [2.45, 2.75) is 31.2 Å². The monoisotopic (exact) mass is 501 g/mol. The average molecular weight is 502 g/mol. The van der Waals surface area contributed by atoms with Crippen LogP contribution in [0.4, 0.5) is 28.1 Å². The van der Waals surface area contributed by atoms with Gasteiger partial charge in [0.25, 0.3) is 5.91 Å². The number of nitrogen functional groups attached to an aromatic ring is 2. The molecule has 14 nitrogen and oxygen atoms in total. The SMILES string of the molecule is COC(=O)N(CCC1CNc2nc(N)nc(N)c21)c1ccc(C(=O)N[C@@H](CCC(=O)O)C(=O)O)cc1. The normalized spacial score (nSPS) is 14.8. The summed E-state index contributed by atoms with van der Waals surface area (Å²) in [7, 11) is 1.25. The highest BCUT2D eigenvalue weighted by Gasteiger charge is 2.29. The third kappa shape index (κ3) is 6.08. The summed E-state index contributed by atoms with van der Waals surface area (Å²) < 4.78 is 4.91. The topological polar surface area (TPSA) is 223 Å². The number of methoxy groups -OCH3 is 1. The number of nitrogens with zero attached hydrogens (tertiary/aromatic N) is 3. The quantitative estimate of drug-likeness (QED) is 0.267. The van der Waals surface area contributed by atoms with E-state index in [1.54, 1.807) is 0 Å². The van der Waals surface area contributed by atoms with E-state index in [-0.39, 0.29) is 36.2 Å². The lowest BCUT2D eigenvalue weighted by atomic mass is 9.99. The summed E-state index contributed by atoms with van der Waals surface area (Å²) in [6.07, 6.45) is -0.777. The molecule has 0 saturated carbocycles. The Bertz CT molecular complexity index is 1160. The Morgan fingerprint density at radius 1 is 1.19 bits per heavy atom. The van der Waals surface area contributed by atoms with Crippen LogP contribution in [0, 0.1) is 0 Å². The van der Waals surface area contributed by atoms with Gasteiger partial charge >= 0.3 is 18.0 Å². The molecule has 1 aliphatic rings. The molecule has 2 aromatic rings. The number of nitrogens with two attached hydrogens (primary N) is 2. The summed E-state index contributed by atoms with van der Waals surface area (Å²) in [5.74, 6) is -2.36. The number of carboxylic acids is 2. The summed E-state index contributed by atoms with van der Waals surface area (Å²) >= 11 is 0. The number of aliphatic carboxylic acids is 2. The van der Waals surface area contributed by atoms with E-state index in [0.29, 0.717) is 24.5 Å². The Morgan fingerprint density at radius 2 is 1.89 bits per heavy atom. The molecule has 0 bridgehead atoms. The van der Waals surface area contributed by atoms with Crippen LogP contribution >= 0.6 is 0 Å². The lowest BCUT2D eigenvalue weighted by molar-refractivity contribution is -0.140. The first-order valence-corrected chi connectivity index (χ1v) is 11.0. The van der Waals surface area contributed by atoms with Crippen LogP contribution in [0.15, 0.2) is 24.3 Å². The standard InChI is InChI=1S/C22H27N7O7/c1-36-22(35)29(9-8-12-10-25-18-16(12)17(23)27-21(24)28-18)13-4-2-11(3-5-13)19(32)26-14(20(33)34)6-7-15(30)31/h2-5,12,14H,6-10H2,1H3,(H,26,32)(H,30,31)(H,33,34)(H5,23,24,25,27,28)/t12?,14-/m0/s1. The zero-order valence-electron chi connectivity index (χ0n) is 19.4. The predicted octanol–water partition coefficient (Wildman–Crippen LogP) is 0.861. The van der Waals surface area contributed by atoms with Crippen molar-refractivity contribution in [2.75, 3.05) is 41.9 Å². The van der Waals surface area contributed by atoms with Crippen LogP contribution in [0.3, 0.4) is 0 Å². The molecular weight excluding hydrogens is 474 g/mol. The van der Waals surface area contributed by atoms with Gasteiger partial charge in [0.2, 0.25) is 5.95 Å². The van der Waals surface area contributed by atoms with Crippen LogP contribution in [0.5, 0.6) is 0 Å². The zero-order chi connectivity index (χ0) is 26.4. The molecule has 0 spiro atoms. The molecule has 0 saturated heterocycles. The van der Waals surface area contributed by atoms with Crippen molar-refractivity contribution in [3.8, 4) is 0 Å². The van der Waals surface area contributed by atoms with Gasteiger partial charge in [-0.05, 0) is 37.1 Å². The fraction of sp³-hybridized carbons (Fsp3) is 0.364. The number of anilines is 4. The summed E-state index contributed by atoms with van der Waals surface area (Å²) in [6, 6.07) is 4.56. The van der Waals surface area contributed by atoms with Gasteiger partial charge in [-0.2, -0.15) is 9.97 Å². The van der Waals surface area contributed by atoms with E-state index < -0.39 is 36.4 Å². The number of rotatable bonds is 10. The van der Waals surface area contributed by atoms with E-state index in [1.165, 1.54) is 36.3 Å². The van der Waals surface area contributed by atoms with Crippen LogP contribution in [0.1, 0.15) is 41.1 Å². The first-order valence-electron chi connectivity index (χ1n) is 11.0. The Labute approximate surface area is 205 Å². The van der Waals surface area contributed by atoms with Crippen molar-refractivity contribution in [1.29, 1.82) is 0 Å². The van der Waals surface area contributed by atoms with E-state index in [0.717, 1.165) is 5.56 Å². The van der Waals surface area contributed by atoms with Crippen molar-refractivity contribution in [3.05, 3.63) is 35.4 Å². The Balaban J connectivity index is 1.70. The minimum absolute atomic E-state index is 0.0660. The largest absolute Gasteiger partial charge is 0.481 e. The minimum Gasteiger partial charge on any atom is -0.481 e. The lowest BCUT2D eigenvalue weighted by Gasteiger charge is -2.23. The van der Waals surface area contributed by atoms with E-state index in [9.17, 15) is 24.3 Å². The smallest absolute Gasteiger partial charge is 0.413 e. The number of benzene rings is 1. The Kier molecular flexibility index (Phi) is 8.09. The first kappa shape index (κ1) is 26.0. The van der Waals surface area contributed by atoms with Gasteiger partial charge in [-0.3, -0.25) is 14.5 Å². The molecule has 14 heteroatoms. The summed E-state index contributed by atoms with van der Waals surface area (Å²) in [5.41, 5.74) is 13.0. The summed E-state index contributed by atoms with van der Waals surface area (Å²) in [5, 5.41) is 23.4. The van der Waals surface area contributed by atoms with E-state index in [1.807, 2.05) is 0 Å². The third-order valence-corrected chi connectivity index (χ3v) is 5.70. The van der Waals surface area contributed by atoms with Gasteiger partial charge in [0.1, 0.15) is 17.7 Å². The highest BCUT2D eigenvalue weighted by molar-refractivity contribution is 5.97. The molecule has 0 radical (unpaired) electrons. The average Bonchev–Trinajstić information content (AvgIpc) is 3.24. The maximum atomic E-state index is 12.5. The zero-order valence-corrected chi connectivity index (χ0v) is 19.4. The molecule has 0 fully saturated rings. The second kappa shape index (κ2) is 11.2. The molecule has 8 N–H and O–H groups in total. The van der Waals surface area contributed by atoms with Crippen molar-refractivity contribution in [1.82, 2.24) is 15.3 Å². The predicted molar refractivity (Wildman–Crippen MR) is 129 cm³/mol. The van der Waals surface area contributed by atoms with Gasteiger partial charge < -0.3 is 37.1 Å². The minimum atomic E-state index is -1.35. The molecule has 1 unspecified atom stereocenters. The number of carboxylic acid groups (broad SMARTS) is 2. The fourth-order valence-electron chi connectivity index (χ4n) is 3.89. The number of hydrogen-bond donors (Lipinski definition) is 6. The molecule has 3 rings (SSSR count). The van der Waals surface area contributed by atoms with Crippen LogP contribution in [-0.4, -0.2) is 70.4 Å². The van der Waals surface area contributed by atoms with Gasteiger partial charge in [-0.1, -0.05) is 0 Å². The van der Waals surface area contributed by atoms with E-state index >= 15 is 0 Å². The third-order valence-electron chi connectivity index (χ3n) is 5.70. The number of nitrogens with one attached hydrogen (secondary N) is 2. The molecule has 1 aromatic carbocycles. The second-order valence-electron chi connectivity index (χ2n) is 8.06. The highest BCUT2D eigenvalue weighted by Crippen LogP contribution is 2.36. The van der Waals surface area contributed by atoms with Gasteiger partial charge in [0, 0.05) is 42.2 Å². The maximum Gasteiger partial charge on any atom is 0.413 e. The molecule has 36 heavy (non-hydrogen) atoms. The number of aromatic nitrogens is 2. The van der Waals surface area contributed by atoms with Crippen molar-refractivity contribution >= 4 is 47.2 Å². The maximum absolute atomic E-state index is 12.5. The lowest BCUT2D eigenvalue weighted by Crippen LogP contribution is -2.41. The van der Waals surface area contributed by atoms with Gasteiger partial charge in [0.05, 0.1) is 7.11 Å². The molecule has 192 valence electrons. The van der Waals surface area contributed by atoms with Gasteiger partial charge in [-0.25, -0.2) is 9.59 Å².